The Morgan fingerprint density at radius 2 is 2.00 bits per heavy atom. The van der Waals surface area contributed by atoms with E-state index in [2.05, 4.69) is 35.3 Å². The standard InChI is InChI=1S/C20H31N3O3.HI/c1-5-21-20(23-12-9-17(10-13-23)19(24)26-4)22-11-8-16-7-6-15(2)18(14-16)25-3;/h6-7,14,17H,5,8-13H2,1-4H3,(H,21,22);1H. The lowest BCUT2D eigenvalue weighted by Crippen LogP contribution is -2.46. The van der Waals surface area contributed by atoms with Crippen LogP contribution >= 0.6 is 24.0 Å². The molecule has 1 aromatic rings. The SMILES string of the molecule is CCNC(=NCCc1ccc(C)c(OC)c1)N1CCC(C(=O)OC)CC1.I. The third-order valence-corrected chi connectivity index (χ3v) is 4.80. The summed E-state index contributed by atoms with van der Waals surface area (Å²) in [5.41, 5.74) is 2.36. The number of piperidine rings is 1. The molecule has 0 aromatic heterocycles. The first-order valence-corrected chi connectivity index (χ1v) is 9.33. The van der Waals surface area contributed by atoms with Crippen molar-refractivity contribution in [3.05, 3.63) is 29.3 Å². The van der Waals surface area contributed by atoms with Crippen LogP contribution in [0, 0.1) is 12.8 Å². The molecule has 0 spiro atoms. The van der Waals surface area contributed by atoms with Crippen molar-refractivity contribution < 1.29 is 14.3 Å². The molecule has 0 amide bonds. The zero-order valence-corrected chi connectivity index (χ0v) is 19.1. The van der Waals surface area contributed by atoms with Crippen molar-refractivity contribution in [3.8, 4) is 5.75 Å². The van der Waals surface area contributed by atoms with E-state index < -0.39 is 0 Å². The lowest BCUT2D eigenvalue weighted by Gasteiger charge is -2.33. The Kier molecular flexibility index (Phi) is 10.5. The molecule has 1 N–H and O–H groups in total. The molecule has 0 saturated carbocycles. The van der Waals surface area contributed by atoms with Crippen LogP contribution in [-0.4, -0.2) is 57.2 Å². The van der Waals surface area contributed by atoms with Gasteiger partial charge in [0.05, 0.1) is 20.1 Å². The molecule has 1 aliphatic rings. The molecule has 1 fully saturated rings. The highest BCUT2D eigenvalue weighted by Gasteiger charge is 2.26. The molecule has 1 aliphatic heterocycles. The molecule has 0 unspecified atom stereocenters. The summed E-state index contributed by atoms with van der Waals surface area (Å²) in [5.74, 6) is 1.76. The van der Waals surface area contributed by atoms with Crippen molar-refractivity contribution in [1.29, 1.82) is 0 Å². The summed E-state index contributed by atoms with van der Waals surface area (Å²) < 4.78 is 10.3. The average molecular weight is 489 g/mol. The highest BCUT2D eigenvalue weighted by Crippen LogP contribution is 2.20. The third kappa shape index (κ3) is 6.86. The minimum absolute atomic E-state index is 0. The summed E-state index contributed by atoms with van der Waals surface area (Å²) >= 11 is 0. The van der Waals surface area contributed by atoms with Crippen molar-refractivity contribution in [3.63, 3.8) is 0 Å². The summed E-state index contributed by atoms with van der Waals surface area (Å²) in [6.07, 6.45) is 2.49. The fourth-order valence-corrected chi connectivity index (χ4v) is 3.23. The van der Waals surface area contributed by atoms with Gasteiger partial charge in [0.1, 0.15) is 5.75 Å². The number of aryl methyl sites for hydroxylation is 1. The Hall–Kier alpha value is -1.51. The van der Waals surface area contributed by atoms with Crippen LogP contribution in [0.4, 0.5) is 0 Å². The monoisotopic (exact) mass is 489 g/mol. The minimum atomic E-state index is -0.0973. The van der Waals surface area contributed by atoms with Gasteiger partial charge in [-0.3, -0.25) is 9.79 Å². The van der Waals surface area contributed by atoms with Crippen molar-refractivity contribution in [2.45, 2.75) is 33.1 Å². The summed E-state index contributed by atoms with van der Waals surface area (Å²) in [6.45, 7) is 7.30. The number of halogens is 1. The number of rotatable bonds is 6. The summed E-state index contributed by atoms with van der Waals surface area (Å²) in [4.78, 5) is 18.7. The average Bonchev–Trinajstić information content (AvgIpc) is 2.68. The quantitative estimate of drug-likeness (QED) is 0.288. The second-order valence-electron chi connectivity index (χ2n) is 6.57. The number of nitrogens with one attached hydrogen (secondary N) is 1. The van der Waals surface area contributed by atoms with Crippen LogP contribution in [0.2, 0.25) is 0 Å². The second-order valence-corrected chi connectivity index (χ2v) is 6.57. The summed E-state index contributed by atoms with van der Waals surface area (Å²) in [5, 5.41) is 3.36. The van der Waals surface area contributed by atoms with E-state index >= 15 is 0 Å². The number of methoxy groups -OCH3 is 2. The molecule has 1 saturated heterocycles. The van der Waals surface area contributed by atoms with E-state index in [-0.39, 0.29) is 35.9 Å². The highest BCUT2D eigenvalue weighted by molar-refractivity contribution is 14.0. The van der Waals surface area contributed by atoms with E-state index in [0.29, 0.717) is 6.54 Å². The molecule has 0 radical (unpaired) electrons. The maximum absolute atomic E-state index is 11.7. The van der Waals surface area contributed by atoms with Crippen molar-refractivity contribution in [2.75, 3.05) is 40.4 Å². The maximum Gasteiger partial charge on any atom is 0.308 e. The van der Waals surface area contributed by atoms with E-state index in [0.717, 1.165) is 56.2 Å². The lowest BCUT2D eigenvalue weighted by molar-refractivity contribution is -0.146. The molecule has 1 aromatic carbocycles. The van der Waals surface area contributed by atoms with Crippen molar-refractivity contribution in [1.82, 2.24) is 10.2 Å². The maximum atomic E-state index is 11.7. The largest absolute Gasteiger partial charge is 0.496 e. The first-order valence-electron chi connectivity index (χ1n) is 9.33. The van der Waals surface area contributed by atoms with Gasteiger partial charge in [0.2, 0.25) is 0 Å². The Labute approximate surface area is 179 Å². The van der Waals surface area contributed by atoms with Gasteiger partial charge < -0.3 is 19.7 Å². The number of carbonyl (C=O) groups is 1. The number of ether oxygens (including phenoxy) is 2. The normalized spacial score (nSPS) is 15.1. The number of aliphatic imine (C=N–C) groups is 1. The Morgan fingerprint density at radius 3 is 2.59 bits per heavy atom. The second kappa shape index (κ2) is 12.0. The van der Waals surface area contributed by atoms with Gasteiger partial charge in [-0.1, -0.05) is 12.1 Å². The molecular formula is C20H32IN3O3. The van der Waals surface area contributed by atoms with Gasteiger partial charge in [0.15, 0.2) is 5.96 Å². The van der Waals surface area contributed by atoms with Gasteiger partial charge in [0, 0.05) is 26.2 Å². The molecule has 0 bridgehead atoms. The zero-order chi connectivity index (χ0) is 18.9. The number of hydrogen-bond acceptors (Lipinski definition) is 4. The van der Waals surface area contributed by atoms with Gasteiger partial charge >= 0.3 is 5.97 Å². The number of likely N-dealkylation sites (tertiary alicyclic amines) is 1. The van der Waals surface area contributed by atoms with Crippen LogP contribution in [0.3, 0.4) is 0 Å². The van der Waals surface area contributed by atoms with Crippen molar-refractivity contribution >= 4 is 35.9 Å². The van der Waals surface area contributed by atoms with Gasteiger partial charge in [-0.15, -0.1) is 24.0 Å². The van der Waals surface area contributed by atoms with Crippen LogP contribution < -0.4 is 10.1 Å². The van der Waals surface area contributed by atoms with Crippen molar-refractivity contribution in [2.24, 2.45) is 10.9 Å². The van der Waals surface area contributed by atoms with Crippen LogP contribution in [0.1, 0.15) is 30.9 Å². The number of nitrogens with zero attached hydrogens (tertiary/aromatic N) is 2. The molecule has 2 rings (SSSR count). The Bertz CT molecular complexity index is 629. The first-order chi connectivity index (χ1) is 12.6. The van der Waals surface area contributed by atoms with Gasteiger partial charge in [-0.2, -0.15) is 0 Å². The topological polar surface area (TPSA) is 63.2 Å². The molecule has 7 heteroatoms. The van der Waals surface area contributed by atoms with Crippen LogP contribution in [0.5, 0.6) is 5.75 Å². The fourth-order valence-electron chi connectivity index (χ4n) is 3.23. The number of guanidine groups is 1. The predicted molar refractivity (Wildman–Crippen MR) is 119 cm³/mol. The zero-order valence-electron chi connectivity index (χ0n) is 16.8. The molecule has 1 heterocycles. The molecule has 152 valence electrons. The number of carbonyl (C=O) groups excluding carboxylic acids is 1. The third-order valence-electron chi connectivity index (χ3n) is 4.80. The molecule has 0 atom stereocenters. The Morgan fingerprint density at radius 1 is 1.30 bits per heavy atom. The molecule has 0 aliphatic carbocycles. The van der Waals surface area contributed by atoms with E-state index in [1.807, 2.05) is 6.92 Å². The van der Waals surface area contributed by atoms with Gasteiger partial charge in [0.25, 0.3) is 0 Å². The highest BCUT2D eigenvalue weighted by atomic mass is 127. The number of esters is 1. The van der Waals surface area contributed by atoms with E-state index in [1.165, 1.54) is 12.7 Å². The number of benzene rings is 1. The molecule has 6 nitrogen and oxygen atoms in total. The van der Waals surface area contributed by atoms with E-state index in [4.69, 9.17) is 14.5 Å². The summed E-state index contributed by atoms with van der Waals surface area (Å²) in [6, 6.07) is 6.29. The van der Waals surface area contributed by atoms with Crippen LogP contribution in [-0.2, 0) is 16.0 Å². The molecular weight excluding hydrogens is 457 g/mol. The summed E-state index contributed by atoms with van der Waals surface area (Å²) in [7, 11) is 3.16. The van der Waals surface area contributed by atoms with Crippen LogP contribution in [0.15, 0.2) is 23.2 Å². The smallest absolute Gasteiger partial charge is 0.308 e. The Balaban J connectivity index is 0.00000364. The molecule has 27 heavy (non-hydrogen) atoms. The van der Waals surface area contributed by atoms with Gasteiger partial charge in [-0.05, 0) is 50.3 Å². The van der Waals surface area contributed by atoms with E-state index in [1.54, 1.807) is 7.11 Å². The first kappa shape index (κ1) is 23.5. The van der Waals surface area contributed by atoms with Crippen LogP contribution in [0.25, 0.3) is 0 Å². The van der Waals surface area contributed by atoms with E-state index in [9.17, 15) is 4.79 Å². The fraction of sp³-hybridized carbons (Fsp3) is 0.600. The predicted octanol–water partition coefficient (Wildman–Crippen LogP) is 3.01. The minimum Gasteiger partial charge on any atom is -0.496 e. The lowest BCUT2D eigenvalue weighted by atomic mass is 9.97. The number of hydrogen-bond donors (Lipinski definition) is 1. The van der Waals surface area contributed by atoms with Gasteiger partial charge in [-0.25, -0.2) is 0 Å².